The lowest BCUT2D eigenvalue weighted by Gasteiger charge is -2.01. The Hall–Kier alpha value is -2.17. The highest BCUT2D eigenvalue weighted by molar-refractivity contribution is 5.80. The topological polar surface area (TPSA) is 43.9 Å². The third kappa shape index (κ3) is 1.80. The van der Waals surface area contributed by atoms with Crippen LogP contribution in [-0.2, 0) is 6.54 Å². The Kier molecular flexibility index (Phi) is 2.18. The highest BCUT2D eigenvalue weighted by atomic mass is 19.1. The Morgan fingerprint density at radius 3 is 2.94 bits per heavy atom. The maximum Gasteiger partial charge on any atom is 0.236 e. The molecule has 17 heavy (non-hydrogen) atoms. The molecule has 0 radical (unpaired) electrons. The molecular formula is C12H10FN3O. The van der Waals surface area contributed by atoms with Gasteiger partial charge in [0.2, 0.25) is 11.8 Å². The van der Waals surface area contributed by atoms with Gasteiger partial charge < -0.3 is 8.98 Å². The average molecular weight is 231 g/mol. The quantitative estimate of drug-likeness (QED) is 0.680. The molecule has 0 unspecified atom stereocenters. The molecule has 0 N–H and O–H groups in total. The van der Waals surface area contributed by atoms with E-state index < -0.39 is 0 Å². The van der Waals surface area contributed by atoms with Crippen molar-refractivity contribution in [1.82, 2.24) is 14.8 Å². The molecule has 2 aromatic heterocycles. The number of hydrogen-bond donors (Lipinski definition) is 0. The molecule has 0 saturated carbocycles. The SMILES string of the molecule is Cc1nnc(Cn2ccc3ccc(F)cc32)o1. The molecule has 0 saturated heterocycles. The predicted molar refractivity (Wildman–Crippen MR) is 60.0 cm³/mol. The summed E-state index contributed by atoms with van der Waals surface area (Å²) >= 11 is 0. The van der Waals surface area contributed by atoms with Crippen LogP contribution in [-0.4, -0.2) is 14.8 Å². The van der Waals surface area contributed by atoms with Gasteiger partial charge in [-0.25, -0.2) is 4.39 Å². The number of rotatable bonds is 2. The van der Waals surface area contributed by atoms with Crippen molar-refractivity contribution in [1.29, 1.82) is 0 Å². The molecule has 4 nitrogen and oxygen atoms in total. The summed E-state index contributed by atoms with van der Waals surface area (Å²) < 4.78 is 20.4. The van der Waals surface area contributed by atoms with Crippen LogP contribution in [0.4, 0.5) is 4.39 Å². The summed E-state index contributed by atoms with van der Waals surface area (Å²) in [4.78, 5) is 0. The molecule has 5 heteroatoms. The van der Waals surface area contributed by atoms with Crippen LogP contribution >= 0.6 is 0 Å². The molecule has 0 aliphatic carbocycles. The minimum Gasteiger partial charge on any atom is -0.424 e. The first kappa shape index (κ1) is 10.0. The molecule has 3 rings (SSSR count). The Balaban J connectivity index is 2.03. The molecule has 0 amide bonds. The largest absolute Gasteiger partial charge is 0.424 e. The number of nitrogens with zero attached hydrogens (tertiary/aromatic N) is 3. The van der Waals surface area contributed by atoms with Gasteiger partial charge in [0.1, 0.15) is 12.4 Å². The molecule has 0 spiro atoms. The fourth-order valence-corrected chi connectivity index (χ4v) is 1.84. The second kappa shape index (κ2) is 3.69. The Bertz CT molecular complexity index is 671. The van der Waals surface area contributed by atoms with Crippen LogP contribution in [0.2, 0.25) is 0 Å². The Labute approximate surface area is 96.7 Å². The number of fused-ring (bicyclic) bond motifs is 1. The van der Waals surface area contributed by atoms with E-state index in [-0.39, 0.29) is 5.82 Å². The number of aryl methyl sites for hydroxylation is 1. The van der Waals surface area contributed by atoms with E-state index in [1.165, 1.54) is 12.1 Å². The average Bonchev–Trinajstić information content (AvgIpc) is 2.87. The highest BCUT2D eigenvalue weighted by Gasteiger charge is 2.07. The van der Waals surface area contributed by atoms with E-state index in [1.807, 2.05) is 16.8 Å². The van der Waals surface area contributed by atoms with Crippen LogP contribution in [0.1, 0.15) is 11.8 Å². The molecule has 0 aliphatic heterocycles. The van der Waals surface area contributed by atoms with E-state index in [0.717, 1.165) is 10.9 Å². The van der Waals surface area contributed by atoms with Crippen molar-refractivity contribution >= 4 is 10.9 Å². The van der Waals surface area contributed by atoms with Gasteiger partial charge in [0.25, 0.3) is 0 Å². The highest BCUT2D eigenvalue weighted by Crippen LogP contribution is 2.18. The van der Waals surface area contributed by atoms with E-state index in [1.54, 1.807) is 13.0 Å². The lowest BCUT2D eigenvalue weighted by molar-refractivity contribution is 0.457. The summed E-state index contributed by atoms with van der Waals surface area (Å²) in [6.07, 6.45) is 1.88. The van der Waals surface area contributed by atoms with Crippen LogP contribution in [0.5, 0.6) is 0 Å². The van der Waals surface area contributed by atoms with Crippen LogP contribution in [0.3, 0.4) is 0 Å². The predicted octanol–water partition coefficient (Wildman–Crippen LogP) is 2.52. The van der Waals surface area contributed by atoms with Crippen molar-refractivity contribution in [3.63, 3.8) is 0 Å². The molecular weight excluding hydrogens is 221 g/mol. The van der Waals surface area contributed by atoms with Crippen molar-refractivity contribution in [2.75, 3.05) is 0 Å². The Morgan fingerprint density at radius 1 is 1.29 bits per heavy atom. The van der Waals surface area contributed by atoms with E-state index in [9.17, 15) is 4.39 Å². The summed E-state index contributed by atoms with van der Waals surface area (Å²) in [7, 11) is 0. The van der Waals surface area contributed by atoms with Gasteiger partial charge >= 0.3 is 0 Å². The normalized spacial score (nSPS) is 11.2. The van der Waals surface area contributed by atoms with Gasteiger partial charge in [-0.1, -0.05) is 0 Å². The number of benzene rings is 1. The van der Waals surface area contributed by atoms with Gasteiger partial charge in [0, 0.05) is 13.1 Å². The van der Waals surface area contributed by atoms with Gasteiger partial charge in [0.05, 0.1) is 5.52 Å². The van der Waals surface area contributed by atoms with Crippen LogP contribution < -0.4 is 0 Å². The smallest absolute Gasteiger partial charge is 0.236 e. The summed E-state index contributed by atoms with van der Waals surface area (Å²) in [5.74, 6) is 0.797. The van der Waals surface area contributed by atoms with Gasteiger partial charge in [-0.15, -0.1) is 10.2 Å². The van der Waals surface area contributed by atoms with Crippen molar-refractivity contribution < 1.29 is 8.81 Å². The van der Waals surface area contributed by atoms with E-state index in [0.29, 0.717) is 18.3 Å². The van der Waals surface area contributed by atoms with Crippen LogP contribution in [0.15, 0.2) is 34.9 Å². The summed E-state index contributed by atoms with van der Waals surface area (Å²) in [5.41, 5.74) is 0.820. The van der Waals surface area contributed by atoms with Crippen molar-refractivity contribution in [2.24, 2.45) is 0 Å². The molecule has 0 bridgehead atoms. The van der Waals surface area contributed by atoms with Gasteiger partial charge in [-0.05, 0) is 29.7 Å². The summed E-state index contributed by atoms with van der Waals surface area (Å²) in [6, 6.07) is 6.63. The van der Waals surface area contributed by atoms with E-state index in [4.69, 9.17) is 4.42 Å². The molecule has 86 valence electrons. The lowest BCUT2D eigenvalue weighted by Crippen LogP contribution is -1.98. The monoisotopic (exact) mass is 231 g/mol. The van der Waals surface area contributed by atoms with E-state index in [2.05, 4.69) is 10.2 Å². The summed E-state index contributed by atoms with van der Waals surface area (Å²) in [5, 5.41) is 8.67. The van der Waals surface area contributed by atoms with Gasteiger partial charge in [-0.2, -0.15) is 0 Å². The van der Waals surface area contributed by atoms with Crippen molar-refractivity contribution in [3.05, 3.63) is 48.1 Å². The maximum absolute atomic E-state index is 13.2. The van der Waals surface area contributed by atoms with Crippen LogP contribution in [0, 0.1) is 12.7 Å². The minimum absolute atomic E-state index is 0.251. The molecule has 1 aromatic carbocycles. The van der Waals surface area contributed by atoms with Crippen molar-refractivity contribution in [3.8, 4) is 0 Å². The van der Waals surface area contributed by atoms with Crippen molar-refractivity contribution in [2.45, 2.75) is 13.5 Å². The first-order chi connectivity index (χ1) is 8.22. The number of halogens is 1. The van der Waals surface area contributed by atoms with E-state index >= 15 is 0 Å². The molecule has 0 fully saturated rings. The van der Waals surface area contributed by atoms with Gasteiger partial charge in [0.15, 0.2) is 0 Å². The first-order valence-corrected chi connectivity index (χ1v) is 5.26. The molecule has 0 aliphatic rings. The summed E-state index contributed by atoms with van der Waals surface area (Å²) in [6.45, 7) is 2.19. The third-order valence-corrected chi connectivity index (χ3v) is 2.61. The number of aromatic nitrogens is 3. The maximum atomic E-state index is 13.2. The second-order valence-corrected chi connectivity index (χ2v) is 3.86. The minimum atomic E-state index is -0.251. The fourth-order valence-electron chi connectivity index (χ4n) is 1.84. The van der Waals surface area contributed by atoms with Crippen LogP contribution in [0.25, 0.3) is 10.9 Å². The lowest BCUT2D eigenvalue weighted by atomic mass is 10.2. The number of hydrogen-bond acceptors (Lipinski definition) is 3. The standard InChI is InChI=1S/C12H10FN3O/c1-8-14-15-12(17-8)7-16-5-4-9-2-3-10(13)6-11(9)16/h2-6H,7H2,1H3. The Morgan fingerprint density at radius 2 is 2.18 bits per heavy atom. The molecule has 0 atom stereocenters. The van der Waals surface area contributed by atoms with Gasteiger partial charge in [-0.3, -0.25) is 0 Å². The zero-order valence-corrected chi connectivity index (χ0v) is 9.22. The second-order valence-electron chi connectivity index (χ2n) is 3.86. The molecule has 3 aromatic rings. The third-order valence-electron chi connectivity index (χ3n) is 2.61. The zero-order valence-electron chi connectivity index (χ0n) is 9.22. The zero-order chi connectivity index (χ0) is 11.8. The first-order valence-electron chi connectivity index (χ1n) is 5.26. The fraction of sp³-hybridized carbons (Fsp3) is 0.167. The molecule has 2 heterocycles.